The SMILES string of the molecule is N#Cc1ccc(OP(=O)(O)CNS(=O)(=O)c2cc3c(F)c(F)c(OCC[NH3+])c(F)c3s2)cc1P. The predicted molar refractivity (Wildman–Crippen MR) is 121 cm³/mol. The van der Waals surface area contributed by atoms with E-state index in [9.17, 15) is 31.0 Å². The first-order valence-corrected chi connectivity index (χ1v) is 13.9. The lowest BCUT2D eigenvalue weighted by molar-refractivity contribution is -0.371. The molecule has 0 amide bonds. The number of thiophene rings is 1. The molecule has 0 saturated heterocycles. The second-order valence-corrected chi connectivity index (χ2v) is 12.1. The van der Waals surface area contributed by atoms with E-state index < -0.39 is 61.4 Å². The Morgan fingerprint density at radius 2 is 1.94 bits per heavy atom. The van der Waals surface area contributed by atoms with Crippen molar-refractivity contribution in [2.45, 2.75) is 4.21 Å². The number of benzene rings is 2. The van der Waals surface area contributed by atoms with Crippen molar-refractivity contribution in [3.63, 3.8) is 0 Å². The number of ether oxygens (including phenoxy) is 1. The number of nitriles is 1. The zero-order chi connectivity index (χ0) is 25.3. The number of fused-ring (bicyclic) bond motifs is 1. The quantitative estimate of drug-likeness (QED) is 0.269. The molecule has 3 aromatic rings. The van der Waals surface area contributed by atoms with Crippen LogP contribution in [0.4, 0.5) is 13.2 Å². The van der Waals surface area contributed by atoms with Gasteiger partial charge in [0.25, 0.3) is 10.0 Å². The number of sulfonamides is 1. The Morgan fingerprint density at radius 1 is 1.24 bits per heavy atom. The number of hydrogen-bond donors (Lipinski definition) is 3. The Morgan fingerprint density at radius 3 is 2.56 bits per heavy atom. The van der Waals surface area contributed by atoms with E-state index in [0.29, 0.717) is 11.4 Å². The Bertz CT molecular complexity index is 1460. The molecule has 0 aliphatic carbocycles. The van der Waals surface area contributed by atoms with Gasteiger partial charge in [0.05, 0.1) is 16.3 Å². The maximum absolute atomic E-state index is 14.7. The third-order valence-electron chi connectivity index (χ3n) is 4.24. The van der Waals surface area contributed by atoms with Crippen molar-refractivity contribution in [3.05, 3.63) is 47.3 Å². The first-order chi connectivity index (χ1) is 15.9. The smallest absolute Gasteiger partial charge is 0.391 e. The first kappa shape index (κ1) is 26.4. The van der Waals surface area contributed by atoms with E-state index in [1.54, 1.807) is 0 Å². The molecule has 0 aliphatic heterocycles. The number of halogens is 3. The van der Waals surface area contributed by atoms with Crippen molar-refractivity contribution in [2.75, 3.05) is 19.4 Å². The lowest BCUT2D eigenvalue weighted by Crippen LogP contribution is -2.52. The number of hydrogen-bond acceptors (Lipinski definition) is 7. The molecule has 2 atom stereocenters. The Hall–Kier alpha value is -2.23. The molecule has 0 aliphatic rings. The van der Waals surface area contributed by atoms with Gasteiger partial charge in [-0.2, -0.15) is 14.4 Å². The molecule has 0 saturated carbocycles. The first-order valence-electron chi connectivity index (χ1n) is 9.23. The molecular formula is C18H17F3N3O6P2S2+. The highest BCUT2D eigenvalue weighted by molar-refractivity contribution is 7.92. The Kier molecular flexibility index (Phi) is 7.89. The van der Waals surface area contributed by atoms with E-state index >= 15 is 0 Å². The van der Waals surface area contributed by atoms with Crippen LogP contribution in [0.1, 0.15) is 5.56 Å². The van der Waals surface area contributed by atoms with Crippen molar-refractivity contribution in [2.24, 2.45) is 0 Å². The summed E-state index contributed by atoms with van der Waals surface area (Å²) in [7, 11) is -6.86. The molecule has 16 heteroatoms. The fourth-order valence-electron chi connectivity index (χ4n) is 2.68. The van der Waals surface area contributed by atoms with Gasteiger partial charge in [0.1, 0.15) is 29.4 Å². The van der Waals surface area contributed by atoms with E-state index in [0.717, 1.165) is 0 Å². The summed E-state index contributed by atoms with van der Waals surface area (Å²) in [6.07, 6.45) is -1.08. The number of quaternary nitrogens is 1. The van der Waals surface area contributed by atoms with E-state index in [4.69, 9.17) is 14.5 Å². The zero-order valence-electron chi connectivity index (χ0n) is 17.0. The van der Waals surface area contributed by atoms with Crippen LogP contribution in [-0.4, -0.2) is 32.7 Å². The molecule has 1 aromatic heterocycles. The molecular weight excluding hydrogens is 537 g/mol. The fraction of sp³-hybridized carbons (Fsp3) is 0.167. The van der Waals surface area contributed by atoms with Crippen LogP contribution in [0.25, 0.3) is 10.1 Å². The molecule has 0 bridgehead atoms. The molecule has 9 nitrogen and oxygen atoms in total. The van der Waals surface area contributed by atoms with Crippen molar-refractivity contribution >= 4 is 53.6 Å². The highest BCUT2D eigenvalue weighted by Crippen LogP contribution is 2.43. The van der Waals surface area contributed by atoms with Gasteiger partial charge in [0.15, 0.2) is 17.4 Å². The molecule has 182 valence electrons. The fourth-order valence-corrected chi connectivity index (χ4v) is 6.94. The summed E-state index contributed by atoms with van der Waals surface area (Å²) < 4.78 is 91.3. The van der Waals surface area contributed by atoms with Gasteiger partial charge in [-0.15, -0.1) is 20.6 Å². The predicted octanol–water partition coefficient (Wildman–Crippen LogP) is 1.81. The van der Waals surface area contributed by atoms with Crippen LogP contribution >= 0.6 is 28.2 Å². The maximum atomic E-state index is 14.7. The maximum Gasteiger partial charge on any atom is 0.391 e. The van der Waals surface area contributed by atoms with Crippen LogP contribution in [0, 0.1) is 28.8 Å². The van der Waals surface area contributed by atoms with Gasteiger partial charge in [-0.05, 0) is 29.6 Å². The molecule has 34 heavy (non-hydrogen) atoms. The Labute approximate surface area is 198 Å². The van der Waals surface area contributed by atoms with Crippen molar-refractivity contribution < 1.29 is 46.0 Å². The highest BCUT2D eigenvalue weighted by atomic mass is 32.2. The summed E-state index contributed by atoms with van der Waals surface area (Å²) in [5.74, 6) is -5.48. The largest absolute Gasteiger partial charge is 0.482 e. The van der Waals surface area contributed by atoms with Crippen molar-refractivity contribution in [3.8, 4) is 17.6 Å². The summed E-state index contributed by atoms with van der Waals surface area (Å²) >= 11 is 0.289. The van der Waals surface area contributed by atoms with Gasteiger partial charge in [-0.1, -0.05) is 0 Å². The molecule has 0 fully saturated rings. The summed E-state index contributed by atoms with van der Waals surface area (Å²) in [5, 5.41) is 8.68. The van der Waals surface area contributed by atoms with Crippen LogP contribution in [0.3, 0.4) is 0 Å². The second kappa shape index (κ2) is 10.2. The average molecular weight is 554 g/mol. The molecule has 2 unspecified atom stereocenters. The van der Waals surface area contributed by atoms with Crippen LogP contribution in [-0.2, 0) is 14.6 Å². The van der Waals surface area contributed by atoms with Gasteiger partial charge < -0.3 is 19.9 Å². The molecule has 2 aromatic carbocycles. The Balaban J connectivity index is 1.84. The topological polar surface area (TPSA) is 153 Å². The van der Waals surface area contributed by atoms with Gasteiger partial charge in [0, 0.05) is 5.39 Å². The summed E-state index contributed by atoms with van der Waals surface area (Å²) in [6, 6.07) is 6.50. The van der Waals surface area contributed by atoms with E-state index in [1.807, 2.05) is 10.8 Å². The third kappa shape index (κ3) is 5.53. The second-order valence-electron chi connectivity index (χ2n) is 6.68. The minimum Gasteiger partial charge on any atom is -0.482 e. The number of rotatable bonds is 9. The van der Waals surface area contributed by atoms with Gasteiger partial charge in [-0.3, -0.25) is 0 Å². The minimum atomic E-state index is -4.57. The molecule has 5 N–H and O–H groups in total. The lowest BCUT2D eigenvalue weighted by atomic mass is 10.2. The zero-order valence-corrected chi connectivity index (χ0v) is 20.7. The minimum absolute atomic E-state index is 0.0923. The van der Waals surface area contributed by atoms with Crippen molar-refractivity contribution in [1.82, 2.24) is 4.72 Å². The van der Waals surface area contributed by atoms with E-state index in [-0.39, 0.29) is 35.8 Å². The average Bonchev–Trinajstić information content (AvgIpc) is 3.23. The number of nitrogens with zero attached hydrogens (tertiary/aromatic N) is 1. The normalized spacial score (nSPS) is 13.4. The molecule has 0 radical (unpaired) electrons. The van der Waals surface area contributed by atoms with Crippen LogP contribution in [0.2, 0.25) is 0 Å². The third-order valence-corrected chi connectivity index (χ3v) is 8.99. The van der Waals surface area contributed by atoms with E-state index in [1.165, 1.54) is 18.2 Å². The van der Waals surface area contributed by atoms with Gasteiger partial charge in [-0.25, -0.2) is 21.8 Å². The van der Waals surface area contributed by atoms with Crippen molar-refractivity contribution in [1.29, 1.82) is 5.26 Å². The standard InChI is InChI=1S/C18H16F3N3O6P2S2/c19-14-11-6-13(33-18(11)16(21)17(15(14)20)29-4-3-22)34(27,28)24-8-32(25,26)30-10-2-1-9(7-23)12(31)5-10/h1-2,5-6,24H,3-4,8,22,31H2,(H,25,26)/p+1. The number of nitrogens with one attached hydrogen (secondary N) is 1. The van der Waals surface area contributed by atoms with Crippen LogP contribution in [0.5, 0.6) is 11.5 Å². The highest BCUT2D eigenvalue weighted by Gasteiger charge is 2.30. The van der Waals surface area contributed by atoms with Crippen LogP contribution in [0.15, 0.2) is 28.5 Å². The summed E-state index contributed by atoms with van der Waals surface area (Å²) in [4.78, 5) is 10.0. The monoisotopic (exact) mass is 554 g/mol. The van der Waals surface area contributed by atoms with E-state index in [2.05, 4.69) is 15.0 Å². The van der Waals surface area contributed by atoms with Gasteiger partial charge >= 0.3 is 7.60 Å². The molecule has 1 heterocycles. The molecule has 0 spiro atoms. The molecule has 3 rings (SSSR count). The summed E-state index contributed by atoms with van der Waals surface area (Å²) in [6.45, 7) is -0.0448. The van der Waals surface area contributed by atoms with Crippen LogP contribution < -0.4 is 25.0 Å². The lowest BCUT2D eigenvalue weighted by Gasteiger charge is -2.14. The summed E-state index contributed by atoms with van der Waals surface area (Å²) in [5.41, 5.74) is 3.73. The van der Waals surface area contributed by atoms with Gasteiger partial charge in [0.2, 0.25) is 5.82 Å².